The molecule has 0 fully saturated rings. The van der Waals surface area contributed by atoms with Crippen molar-refractivity contribution >= 4 is 5.78 Å². The maximum absolute atomic E-state index is 11.6. The number of likely N-dealkylation sites (N-methyl/N-ethyl adjacent to an activating group) is 1. The molecule has 0 aliphatic rings. The highest BCUT2D eigenvalue weighted by atomic mass is 16.1. The second kappa shape index (κ2) is 5.80. The van der Waals surface area contributed by atoms with E-state index in [2.05, 4.69) is 38.1 Å². The summed E-state index contributed by atoms with van der Waals surface area (Å²) in [5.41, 5.74) is 2.43. The Hall–Kier alpha value is -1.15. The number of nitrogens with zero attached hydrogens (tertiary/aromatic N) is 1. The van der Waals surface area contributed by atoms with E-state index in [9.17, 15) is 4.79 Å². The third kappa shape index (κ3) is 4.15. The van der Waals surface area contributed by atoms with Gasteiger partial charge in [-0.2, -0.15) is 0 Å². The summed E-state index contributed by atoms with van der Waals surface area (Å²) in [7, 11) is 3.83. The largest absolute Gasteiger partial charge is 0.302 e. The van der Waals surface area contributed by atoms with Crippen LogP contribution in [-0.4, -0.2) is 31.3 Å². The number of hydrogen-bond acceptors (Lipinski definition) is 2. The van der Waals surface area contributed by atoms with E-state index >= 15 is 0 Å². The van der Waals surface area contributed by atoms with Crippen LogP contribution in [0.4, 0.5) is 0 Å². The Morgan fingerprint density at radius 2 is 1.75 bits per heavy atom. The molecule has 0 aliphatic carbocycles. The average molecular weight is 219 g/mol. The van der Waals surface area contributed by atoms with Crippen LogP contribution >= 0.6 is 0 Å². The van der Waals surface area contributed by atoms with Gasteiger partial charge in [0.25, 0.3) is 0 Å². The molecule has 0 radical (unpaired) electrons. The molecule has 0 N–H and O–H groups in total. The molecule has 1 aromatic rings. The quantitative estimate of drug-likeness (QED) is 0.758. The molecular weight excluding hydrogens is 198 g/mol. The molecule has 0 bridgehead atoms. The fourth-order valence-corrected chi connectivity index (χ4v) is 1.66. The molecular formula is C14H21NO. The molecule has 0 aliphatic heterocycles. The van der Waals surface area contributed by atoms with Gasteiger partial charge in [-0.05, 0) is 31.1 Å². The Morgan fingerprint density at radius 1 is 1.19 bits per heavy atom. The molecule has 16 heavy (non-hydrogen) atoms. The Labute approximate surface area is 98.3 Å². The Balaban J connectivity index is 2.58. The van der Waals surface area contributed by atoms with E-state index in [0.29, 0.717) is 18.9 Å². The molecule has 88 valence electrons. The molecule has 0 amide bonds. The molecule has 0 spiro atoms. The Bertz CT molecular complexity index is 338. The average Bonchev–Trinajstić information content (AvgIpc) is 2.16. The van der Waals surface area contributed by atoms with Crippen molar-refractivity contribution in [2.45, 2.75) is 26.2 Å². The van der Waals surface area contributed by atoms with Crippen LogP contribution < -0.4 is 0 Å². The van der Waals surface area contributed by atoms with Crippen LogP contribution in [-0.2, 0) is 11.2 Å². The number of carbonyl (C=O) groups is 1. The van der Waals surface area contributed by atoms with Gasteiger partial charge < -0.3 is 4.90 Å². The first-order valence-electron chi connectivity index (χ1n) is 5.74. The van der Waals surface area contributed by atoms with Crippen molar-refractivity contribution in [3.8, 4) is 0 Å². The summed E-state index contributed by atoms with van der Waals surface area (Å²) in [6.07, 6.45) is 0.538. The molecule has 0 heterocycles. The van der Waals surface area contributed by atoms with Crippen molar-refractivity contribution < 1.29 is 4.79 Å². The predicted octanol–water partition coefficient (Wildman–Crippen LogP) is 2.48. The first-order valence-corrected chi connectivity index (χ1v) is 5.74. The van der Waals surface area contributed by atoms with Crippen LogP contribution in [0, 0.1) is 0 Å². The third-order valence-corrected chi connectivity index (χ3v) is 2.54. The van der Waals surface area contributed by atoms with Crippen molar-refractivity contribution in [1.29, 1.82) is 0 Å². The van der Waals surface area contributed by atoms with Crippen molar-refractivity contribution in [1.82, 2.24) is 4.90 Å². The lowest BCUT2D eigenvalue weighted by atomic mass is 10.00. The molecule has 0 unspecified atom stereocenters. The van der Waals surface area contributed by atoms with Gasteiger partial charge >= 0.3 is 0 Å². The highest BCUT2D eigenvalue weighted by molar-refractivity contribution is 5.82. The number of Topliss-reactive ketones (excluding diaryl/α,β-unsaturated/α-hetero) is 1. The summed E-state index contributed by atoms with van der Waals surface area (Å²) in [6.45, 7) is 4.87. The van der Waals surface area contributed by atoms with Gasteiger partial charge in [-0.25, -0.2) is 0 Å². The summed E-state index contributed by atoms with van der Waals surface area (Å²) in [6, 6.07) is 8.34. The first-order chi connectivity index (χ1) is 7.49. The van der Waals surface area contributed by atoms with Gasteiger partial charge in [0, 0.05) is 6.42 Å². The van der Waals surface area contributed by atoms with E-state index in [1.165, 1.54) is 5.56 Å². The Morgan fingerprint density at radius 3 is 2.19 bits per heavy atom. The van der Waals surface area contributed by atoms with E-state index in [1.807, 2.05) is 19.0 Å². The van der Waals surface area contributed by atoms with Crippen molar-refractivity contribution in [3.63, 3.8) is 0 Å². The van der Waals surface area contributed by atoms with E-state index < -0.39 is 0 Å². The smallest absolute Gasteiger partial charge is 0.151 e. The molecule has 0 saturated carbocycles. The minimum Gasteiger partial charge on any atom is -0.302 e. The monoisotopic (exact) mass is 219 g/mol. The van der Waals surface area contributed by atoms with Crippen molar-refractivity contribution in [2.75, 3.05) is 20.6 Å². The standard InChI is InChI=1S/C14H21NO/c1-11(2)13-7-5-12(6-8-13)9-14(16)10-15(3)4/h5-8,11H,9-10H2,1-4H3. The normalized spacial score (nSPS) is 11.1. The summed E-state index contributed by atoms with van der Waals surface area (Å²) in [5.74, 6) is 0.814. The predicted molar refractivity (Wildman–Crippen MR) is 67.8 cm³/mol. The summed E-state index contributed by atoms with van der Waals surface area (Å²) < 4.78 is 0. The molecule has 0 saturated heterocycles. The van der Waals surface area contributed by atoms with Crippen LogP contribution in [0.3, 0.4) is 0 Å². The third-order valence-electron chi connectivity index (χ3n) is 2.54. The molecule has 1 aromatic carbocycles. The zero-order valence-electron chi connectivity index (χ0n) is 10.7. The highest BCUT2D eigenvalue weighted by Gasteiger charge is 2.05. The second-order valence-corrected chi connectivity index (χ2v) is 4.85. The lowest BCUT2D eigenvalue weighted by molar-refractivity contribution is -0.119. The van der Waals surface area contributed by atoms with Gasteiger partial charge in [0.15, 0.2) is 5.78 Å². The minimum absolute atomic E-state index is 0.266. The molecule has 1 rings (SSSR count). The topological polar surface area (TPSA) is 20.3 Å². The summed E-state index contributed by atoms with van der Waals surface area (Å²) in [4.78, 5) is 13.5. The lowest BCUT2D eigenvalue weighted by Gasteiger charge is -2.09. The van der Waals surface area contributed by atoms with E-state index in [-0.39, 0.29) is 5.78 Å². The van der Waals surface area contributed by atoms with Crippen LogP contribution in [0.15, 0.2) is 24.3 Å². The number of ketones is 1. The number of hydrogen-bond donors (Lipinski definition) is 0. The zero-order chi connectivity index (χ0) is 12.1. The summed E-state index contributed by atoms with van der Waals surface area (Å²) in [5, 5.41) is 0. The number of rotatable bonds is 5. The Kier molecular flexibility index (Phi) is 4.69. The summed E-state index contributed by atoms with van der Waals surface area (Å²) >= 11 is 0. The van der Waals surface area contributed by atoms with E-state index in [4.69, 9.17) is 0 Å². The van der Waals surface area contributed by atoms with Gasteiger partial charge in [-0.3, -0.25) is 4.79 Å². The van der Waals surface area contributed by atoms with Crippen molar-refractivity contribution in [2.24, 2.45) is 0 Å². The van der Waals surface area contributed by atoms with Crippen molar-refractivity contribution in [3.05, 3.63) is 35.4 Å². The molecule has 0 aromatic heterocycles. The number of benzene rings is 1. The maximum Gasteiger partial charge on any atom is 0.151 e. The molecule has 0 atom stereocenters. The highest BCUT2D eigenvalue weighted by Crippen LogP contribution is 2.14. The van der Waals surface area contributed by atoms with Crippen LogP contribution in [0.25, 0.3) is 0 Å². The van der Waals surface area contributed by atoms with Gasteiger partial charge in [0.2, 0.25) is 0 Å². The van der Waals surface area contributed by atoms with Crippen LogP contribution in [0.5, 0.6) is 0 Å². The first kappa shape index (κ1) is 12.9. The fraction of sp³-hybridized carbons (Fsp3) is 0.500. The van der Waals surface area contributed by atoms with Gasteiger partial charge in [0.05, 0.1) is 6.54 Å². The van der Waals surface area contributed by atoms with Gasteiger partial charge in [0.1, 0.15) is 0 Å². The number of carbonyl (C=O) groups excluding carboxylic acids is 1. The lowest BCUT2D eigenvalue weighted by Crippen LogP contribution is -2.22. The van der Waals surface area contributed by atoms with E-state index in [1.54, 1.807) is 0 Å². The van der Waals surface area contributed by atoms with Crippen LogP contribution in [0.2, 0.25) is 0 Å². The molecule has 2 heteroatoms. The zero-order valence-corrected chi connectivity index (χ0v) is 10.7. The SMILES string of the molecule is CC(C)c1ccc(CC(=O)CN(C)C)cc1. The van der Waals surface area contributed by atoms with Gasteiger partial charge in [-0.1, -0.05) is 38.1 Å². The van der Waals surface area contributed by atoms with Gasteiger partial charge in [-0.15, -0.1) is 0 Å². The van der Waals surface area contributed by atoms with Crippen LogP contribution in [0.1, 0.15) is 30.9 Å². The maximum atomic E-state index is 11.6. The second-order valence-electron chi connectivity index (χ2n) is 4.85. The van der Waals surface area contributed by atoms with E-state index in [0.717, 1.165) is 5.56 Å². The molecule has 2 nitrogen and oxygen atoms in total. The minimum atomic E-state index is 0.266. The fourth-order valence-electron chi connectivity index (χ4n) is 1.66.